The number of anilines is 2. The molecule has 3 aromatic rings. The van der Waals surface area contributed by atoms with Gasteiger partial charge in [-0.05, 0) is 44.3 Å². The van der Waals surface area contributed by atoms with Gasteiger partial charge in [0.15, 0.2) is 0 Å². The van der Waals surface area contributed by atoms with Gasteiger partial charge in [0.05, 0.1) is 29.6 Å². The van der Waals surface area contributed by atoms with E-state index in [1.165, 1.54) is 6.20 Å². The predicted molar refractivity (Wildman–Crippen MR) is 149 cm³/mol. The molecule has 2 N–H and O–H groups in total. The fourth-order valence-corrected chi connectivity index (χ4v) is 4.48. The van der Waals surface area contributed by atoms with Gasteiger partial charge in [0.25, 0.3) is 5.91 Å². The number of nitriles is 1. The molecule has 11 heteroatoms. The van der Waals surface area contributed by atoms with Crippen LogP contribution >= 0.6 is 0 Å². The number of hydrogen-bond acceptors (Lipinski definition) is 8. The Labute approximate surface area is 223 Å². The Hall–Kier alpha value is -4.30. The molecular formula is C27H34N10O. The molecule has 38 heavy (non-hydrogen) atoms. The first-order chi connectivity index (χ1) is 18.4. The van der Waals surface area contributed by atoms with Gasteiger partial charge in [0, 0.05) is 44.3 Å². The lowest BCUT2D eigenvalue weighted by molar-refractivity contribution is 0.0945. The van der Waals surface area contributed by atoms with E-state index in [1.54, 1.807) is 12.4 Å². The van der Waals surface area contributed by atoms with E-state index in [4.69, 9.17) is 0 Å². The normalized spacial score (nSPS) is 16.1. The highest BCUT2D eigenvalue weighted by atomic mass is 16.1. The molecule has 1 saturated heterocycles. The minimum atomic E-state index is -0.233. The number of nitrogens with one attached hydrogen (secondary N) is 2. The SMILES string of the molecule is CC(C)C1CN(c2cnc(C(=O)NCCN(C)C)cn2)CCN1/C(=N\C#N)Nc1cccc2ncccc12. The summed E-state index contributed by atoms with van der Waals surface area (Å²) in [6, 6.07) is 9.81. The molecule has 1 amide bonds. The summed E-state index contributed by atoms with van der Waals surface area (Å²) in [6.07, 6.45) is 6.90. The summed E-state index contributed by atoms with van der Waals surface area (Å²) in [5.74, 6) is 1.26. The number of benzene rings is 1. The van der Waals surface area contributed by atoms with Gasteiger partial charge in [-0.3, -0.25) is 9.78 Å². The summed E-state index contributed by atoms with van der Waals surface area (Å²) in [7, 11) is 3.91. The van der Waals surface area contributed by atoms with Crippen molar-refractivity contribution in [2.24, 2.45) is 10.9 Å². The second-order valence-electron chi connectivity index (χ2n) is 9.81. The molecule has 1 atom stereocenters. The number of aliphatic imine (C=N–C) groups is 1. The van der Waals surface area contributed by atoms with Gasteiger partial charge < -0.3 is 25.3 Å². The topological polar surface area (TPSA) is 126 Å². The Bertz CT molecular complexity index is 1310. The van der Waals surface area contributed by atoms with Gasteiger partial charge in [-0.15, -0.1) is 4.99 Å². The number of piperazine rings is 1. The summed E-state index contributed by atoms with van der Waals surface area (Å²) < 4.78 is 0. The third kappa shape index (κ3) is 6.33. The van der Waals surface area contributed by atoms with Gasteiger partial charge in [-0.25, -0.2) is 9.97 Å². The zero-order valence-corrected chi connectivity index (χ0v) is 22.3. The van der Waals surface area contributed by atoms with Crippen LogP contribution in [0.5, 0.6) is 0 Å². The van der Waals surface area contributed by atoms with Gasteiger partial charge in [-0.2, -0.15) is 5.26 Å². The Morgan fingerprint density at radius 1 is 1.18 bits per heavy atom. The van der Waals surface area contributed by atoms with Crippen molar-refractivity contribution >= 4 is 34.3 Å². The maximum absolute atomic E-state index is 12.4. The highest BCUT2D eigenvalue weighted by molar-refractivity contribution is 6.02. The van der Waals surface area contributed by atoms with Crippen LogP contribution in [0.2, 0.25) is 0 Å². The Morgan fingerprint density at radius 2 is 2.03 bits per heavy atom. The van der Waals surface area contributed by atoms with Crippen LogP contribution in [-0.4, -0.2) is 89.5 Å². The zero-order chi connectivity index (χ0) is 27.1. The quantitative estimate of drug-likeness (QED) is 0.278. The highest BCUT2D eigenvalue weighted by Gasteiger charge is 2.32. The molecule has 1 unspecified atom stereocenters. The molecule has 1 aromatic carbocycles. The van der Waals surface area contributed by atoms with Crippen LogP contribution in [0.3, 0.4) is 0 Å². The van der Waals surface area contributed by atoms with Crippen LogP contribution in [-0.2, 0) is 0 Å². The smallest absolute Gasteiger partial charge is 0.271 e. The number of carbonyl (C=O) groups excluding carboxylic acids is 1. The number of aromatic nitrogens is 3. The molecule has 1 aliphatic heterocycles. The van der Waals surface area contributed by atoms with E-state index < -0.39 is 0 Å². The molecular weight excluding hydrogens is 480 g/mol. The summed E-state index contributed by atoms with van der Waals surface area (Å²) >= 11 is 0. The molecule has 1 fully saturated rings. The molecule has 0 saturated carbocycles. The average Bonchev–Trinajstić information content (AvgIpc) is 2.92. The molecule has 3 heterocycles. The number of likely N-dealkylation sites (N-methyl/N-ethyl adjacent to an activating group) is 1. The molecule has 0 bridgehead atoms. The lowest BCUT2D eigenvalue weighted by atomic mass is 9.99. The number of hydrogen-bond donors (Lipinski definition) is 2. The monoisotopic (exact) mass is 514 g/mol. The van der Waals surface area contributed by atoms with Crippen molar-refractivity contribution in [2.45, 2.75) is 19.9 Å². The molecule has 198 valence electrons. The Balaban J connectivity index is 1.48. The number of carbonyl (C=O) groups is 1. The summed E-state index contributed by atoms with van der Waals surface area (Å²) in [4.78, 5) is 36.2. The second kappa shape index (κ2) is 12.3. The van der Waals surface area contributed by atoms with E-state index in [0.717, 1.165) is 23.1 Å². The van der Waals surface area contributed by atoms with Crippen LogP contribution in [0, 0.1) is 17.4 Å². The lowest BCUT2D eigenvalue weighted by Crippen LogP contribution is -2.58. The molecule has 0 aliphatic carbocycles. The van der Waals surface area contributed by atoms with Crippen molar-refractivity contribution in [3.63, 3.8) is 0 Å². The molecule has 2 aromatic heterocycles. The van der Waals surface area contributed by atoms with Crippen molar-refractivity contribution in [3.05, 3.63) is 54.6 Å². The zero-order valence-electron chi connectivity index (χ0n) is 22.3. The predicted octanol–water partition coefficient (Wildman–Crippen LogP) is 2.41. The van der Waals surface area contributed by atoms with Crippen LogP contribution in [0.15, 0.2) is 53.9 Å². The second-order valence-corrected chi connectivity index (χ2v) is 9.81. The Morgan fingerprint density at radius 3 is 2.74 bits per heavy atom. The van der Waals surface area contributed by atoms with Crippen LogP contribution < -0.4 is 15.5 Å². The standard InChI is InChI=1S/C27H34N10O/c1-19(2)24-17-36(25-16-31-23(15-32-25)26(38)30-11-12-35(3)4)13-14-37(24)27(33-18-28)34-22-9-5-8-21-20(22)7-6-10-29-21/h5-10,15-16,19,24H,11-14,17H2,1-4H3,(H,30,38)(H,33,34). The first-order valence-corrected chi connectivity index (χ1v) is 12.7. The Kier molecular flexibility index (Phi) is 8.66. The van der Waals surface area contributed by atoms with E-state index >= 15 is 0 Å². The number of fused-ring (bicyclic) bond motifs is 1. The van der Waals surface area contributed by atoms with E-state index in [9.17, 15) is 10.1 Å². The first-order valence-electron chi connectivity index (χ1n) is 12.7. The van der Waals surface area contributed by atoms with E-state index in [-0.39, 0.29) is 17.9 Å². The van der Waals surface area contributed by atoms with Gasteiger partial charge in [0.2, 0.25) is 12.2 Å². The van der Waals surface area contributed by atoms with Gasteiger partial charge >= 0.3 is 0 Å². The first kappa shape index (κ1) is 26.8. The summed E-state index contributed by atoms with van der Waals surface area (Å²) in [6.45, 7) is 7.57. The van der Waals surface area contributed by atoms with Crippen molar-refractivity contribution in [2.75, 3.05) is 57.0 Å². The van der Waals surface area contributed by atoms with Crippen molar-refractivity contribution < 1.29 is 4.79 Å². The highest BCUT2D eigenvalue weighted by Crippen LogP contribution is 2.25. The summed E-state index contributed by atoms with van der Waals surface area (Å²) in [5, 5.41) is 16.7. The fraction of sp³-hybridized carbons (Fsp3) is 0.407. The maximum Gasteiger partial charge on any atom is 0.271 e. The van der Waals surface area contributed by atoms with E-state index in [1.807, 2.05) is 55.5 Å². The number of guanidine groups is 1. The van der Waals surface area contributed by atoms with Crippen molar-refractivity contribution in [3.8, 4) is 6.19 Å². The number of nitrogens with zero attached hydrogens (tertiary/aromatic N) is 8. The van der Waals surface area contributed by atoms with Crippen LogP contribution in [0.25, 0.3) is 10.9 Å². The van der Waals surface area contributed by atoms with Crippen LogP contribution in [0.1, 0.15) is 24.3 Å². The molecule has 1 aliphatic rings. The summed E-state index contributed by atoms with van der Waals surface area (Å²) in [5.41, 5.74) is 2.01. The van der Waals surface area contributed by atoms with E-state index in [2.05, 4.69) is 54.2 Å². The molecule has 11 nitrogen and oxygen atoms in total. The van der Waals surface area contributed by atoms with Crippen molar-refractivity contribution in [1.82, 2.24) is 30.1 Å². The van der Waals surface area contributed by atoms with Crippen molar-refractivity contribution in [1.29, 1.82) is 5.26 Å². The minimum absolute atomic E-state index is 0.0623. The van der Waals surface area contributed by atoms with Gasteiger partial charge in [0.1, 0.15) is 11.5 Å². The fourth-order valence-electron chi connectivity index (χ4n) is 4.48. The molecule has 4 rings (SSSR count). The minimum Gasteiger partial charge on any atom is -0.351 e. The largest absolute Gasteiger partial charge is 0.351 e. The van der Waals surface area contributed by atoms with Crippen LogP contribution in [0.4, 0.5) is 11.5 Å². The average molecular weight is 515 g/mol. The third-order valence-electron chi connectivity index (χ3n) is 6.55. The van der Waals surface area contributed by atoms with E-state index in [0.29, 0.717) is 43.7 Å². The molecule has 0 radical (unpaired) electrons. The number of amides is 1. The lowest BCUT2D eigenvalue weighted by Gasteiger charge is -2.44. The van der Waals surface area contributed by atoms with Gasteiger partial charge in [-0.1, -0.05) is 19.9 Å². The number of rotatable bonds is 7. The maximum atomic E-state index is 12.4. The number of pyridine rings is 1. The third-order valence-corrected chi connectivity index (χ3v) is 6.55. The molecule has 0 spiro atoms.